The molecule has 1 aliphatic rings. The first-order valence-corrected chi connectivity index (χ1v) is 7.73. The molecule has 1 amide bonds. The van der Waals surface area contributed by atoms with Crippen molar-refractivity contribution in [2.24, 2.45) is 0 Å². The number of carbonyl (C=O) groups is 1. The van der Waals surface area contributed by atoms with Crippen molar-refractivity contribution in [2.45, 2.75) is 51.7 Å². The van der Waals surface area contributed by atoms with E-state index in [1.165, 1.54) is 4.57 Å². The smallest absolute Gasteiger partial charge is 0.336 e. The largest absolute Gasteiger partial charge is 0.442 e. The van der Waals surface area contributed by atoms with E-state index in [-0.39, 0.29) is 36.2 Å². The Bertz CT molecular complexity index is 729. The van der Waals surface area contributed by atoms with Gasteiger partial charge in [-0.1, -0.05) is 5.16 Å². The normalized spacial score (nSPS) is 21.4. The van der Waals surface area contributed by atoms with Gasteiger partial charge in [-0.3, -0.25) is 9.32 Å². The van der Waals surface area contributed by atoms with Gasteiger partial charge in [-0.25, -0.2) is 19.3 Å². The highest BCUT2D eigenvalue weighted by molar-refractivity contribution is 5.77. The minimum absolute atomic E-state index is 0.118. The summed E-state index contributed by atoms with van der Waals surface area (Å²) in [5, 5.41) is 3.70. The molecule has 23 heavy (non-hydrogen) atoms. The highest BCUT2D eigenvalue weighted by Crippen LogP contribution is 2.23. The van der Waals surface area contributed by atoms with Gasteiger partial charge in [0.05, 0.1) is 0 Å². The first-order valence-electron chi connectivity index (χ1n) is 7.73. The molecule has 2 aromatic rings. The molecule has 0 unspecified atom stereocenters. The van der Waals surface area contributed by atoms with E-state index in [2.05, 4.69) is 15.1 Å². The van der Waals surface area contributed by atoms with Crippen molar-refractivity contribution in [3.8, 4) is 11.6 Å². The van der Waals surface area contributed by atoms with Gasteiger partial charge in [-0.2, -0.15) is 0 Å². The summed E-state index contributed by atoms with van der Waals surface area (Å²) in [7, 11) is 0. The van der Waals surface area contributed by atoms with Crippen LogP contribution in [0.4, 0.5) is 0 Å². The van der Waals surface area contributed by atoms with Gasteiger partial charge in [0.2, 0.25) is 11.7 Å². The summed E-state index contributed by atoms with van der Waals surface area (Å²) in [6, 6.07) is 1.99. The van der Waals surface area contributed by atoms with Crippen molar-refractivity contribution in [3.63, 3.8) is 0 Å². The second-order valence-electron chi connectivity index (χ2n) is 5.86. The highest BCUT2D eigenvalue weighted by Gasteiger charge is 2.30. The van der Waals surface area contributed by atoms with Crippen LogP contribution < -0.4 is 5.76 Å². The summed E-state index contributed by atoms with van der Waals surface area (Å²) in [5.41, 5.74) is 0. The van der Waals surface area contributed by atoms with Crippen LogP contribution in [0.15, 0.2) is 27.8 Å². The van der Waals surface area contributed by atoms with E-state index in [9.17, 15) is 9.59 Å². The van der Waals surface area contributed by atoms with Gasteiger partial charge in [0.25, 0.3) is 0 Å². The lowest BCUT2D eigenvalue weighted by atomic mass is 9.97. The molecular weight excluding hydrogens is 298 g/mol. The third-order valence-corrected chi connectivity index (χ3v) is 4.23. The summed E-state index contributed by atoms with van der Waals surface area (Å²) in [6.45, 7) is 3.95. The lowest BCUT2D eigenvalue weighted by Crippen LogP contribution is -2.49. The molecule has 2 atom stereocenters. The van der Waals surface area contributed by atoms with Crippen molar-refractivity contribution >= 4 is 5.91 Å². The summed E-state index contributed by atoms with van der Waals surface area (Å²) in [4.78, 5) is 34.5. The van der Waals surface area contributed by atoms with Gasteiger partial charge >= 0.3 is 5.76 Å². The third kappa shape index (κ3) is 3.01. The Hall–Kier alpha value is -2.51. The monoisotopic (exact) mass is 317 g/mol. The van der Waals surface area contributed by atoms with Gasteiger partial charge in [-0.05, 0) is 39.2 Å². The van der Waals surface area contributed by atoms with Crippen LogP contribution in [0.3, 0.4) is 0 Å². The Morgan fingerprint density at radius 3 is 2.57 bits per heavy atom. The maximum absolute atomic E-state index is 12.7. The first-order chi connectivity index (χ1) is 11.1. The molecule has 2 aromatic heterocycles. The van der Waals surface area contributed by atoms with Crippen LogP contribution in [-0.4, -0.2) is 42.6 Å². The lowest BCUT2D eigenvalue weighted by Gasteiger charge is -2.39. The number of hydrogen-bond acceptors (Lipinski definition) is 6. The molecule has 1 saturated heterocycles. The molecule has 0 bridgehead atoms. The van der Waals surface area contributed by atoms with Gasteiger partial charge in [0, 0.05) is 24.5 Å². The number of hydrogen-bond donors (Lipinski definition) is 0. The predicted molar refractivity (Wildman–Crippen MR) is 81.4 cm³/mol. The van der Waals surface area contributed by atoms with E-state index in [4.69, 9.17) is 4.52 Å². The molecule has 3 rings (SSSR count). The van der Waals surface area contributed by atoms with E-state index in [1.54, 1.807) is 18.5 Å². The minimum atomic E-state index is -0.682. The average molecular weight is 317 g/mol. The Balaban J connectivity index is 1.87. The molecule has 0 N–H and O–H groups in total. The lowest BCUT2D eigenvalue weighted by molar-refractivity contribution is -0.138. The van der Waals surface area contributed by atoms with Crippen LogP contribution in [0, 0.1) is 0 Å². The number of nitrogens with zero attached hydrogens (tertiary/aromatic N) is 5. The van der Waals surface area contributed by atoms with Crippen molar-refractivity contribution in [2.75, 3.05) is 0 Å². The quantitative estimate of drug-likeness (QED) is 0.841. The van der Waals surface area contributed by atoms with Crippen molar-refractivity contribution in [1.29, 1.82) is 0 Å². The Morgan fingerprint density at radius 2 is 1.91 bits per heavy atom. The number of amides is 1. The molecule has 0 spiro atoms. The molecule has 1 aliphatic heterocycles. The molecule has 122 valence electrons. The van der Waals surface area contributed by atoms with Crippen LogP contribution in [0.5, 0.6) is 0 Å². The van der Waals surface area contributed by atoms with E-state index in [1.807, 2.05) is 18.7 Å². The van der Waals surface area contributed by atoms with Gasteiger partial charge in [0.15, 0.2) is 5.82 Å². The zero-order valence-electron chi connectivity index (χ0n) is 13.2. The van der Waals surface area contributed by atoms with Gasteiger partial charge in [0.1, 0.15) is 6.54 Å². The number of piperidine rings is 1. The second kappa shape index (κ2) is 6.31. The fraction of sp³-hybridized carbons (Fsp3) is 0.533. The summed E-state index contributed by atoms with van der Waals surface area (Å²) >= 11 is 0. The zero-order chi connectivity index (χ0) is 16.4. The third-order valence-electron chi connectivity index (χ3n) is 4.23. The van der Waals surface area contributed by atoms with Crippen LogP contribution in [0.1, 0.15) is 33.1 Å². The van der Waals surface area contributed by atoms with E-state index in [0.29, 0.717) is 0 Å². The minimum Gasteiger partial charge on any atom is -0.336 e. The van der Waals surface area contributed by atoms with E-state index in [0.717, 1.165) is 19.3 Å². The number of rotatable bonds is 3. The maximum Gasteiger partial charge on any atom is 0.442 e. The second-order valence-corrected chi connectivity index (χ2v) is 5.86. The fourth-order valence-electron chi connectivity index (χ4n) is 3.11. The SMILES string of the molecule is C[C@@H]1CCC[C@@H](C)N1C(=O)Cn1c(-c2ncccn2)noc1=O. The molecule has 3 heterocycles. The molecule has 8 heteroatoms. The molecule has 8 nitrogen and oxygen atoms in total. The highest BCUT2D eigenvalue weighted by atomic mass is 16.5. The van der Waals surface area contributed by atoms with Crippen LogP contribution >= 0.6 is 0 Å². The van der Waals surface area contributed by atoms with Crippen molar-refractivity contribution in [1.82, 2.24) is 24.6 Å². The maximum atomic E-state index is 12.7. The van der Waals surface area contributed by atoms with Crippen LogP contribution in [-0.2, 0) is 11.3 Å². The molecular formula is C15H19N5O3. The predicted octanol–water partition coefficient (Wildman–Crippen LogP) is 1.08. The summed E-state index contributed by atoms with van der Waals surface area (Å²) < 4.78 is 5.88. The van der Waals surface area contributed by atoms with E-state index >= 15 is 0 Å². The Labute approximate surface area is 133 Å². The van der Waals surface area contributed by atoms with Crippen LogP contribution in [0.25, 0.3) is 11.6 Å². The number of likely N-dealkylation sites (tertiary alicyclic amines) is 1. The number of carbonyl (C=O) groups excluding carboxylic acids is 1. The Kier molecular flexibility index (Phi) is 4.22. The fourth-order valence-corrected chi connectivity index (χ4v) is 3.11. The van der Waals surface area contributed by atoms with Crippen LogP contribution in [0.2, 0.25) is 0 Å². The molecule has 1 fully saturated rings. The average Bonchev–Trinajstić information content (AvgIpc) is 2.89. The van der Waals surface area contributed by atoms with Crippen molar-refractivity contribution < 1.29 is 9.32 Å². The zero-order valence-corrected chi connectivity index (χ0v) is 13.2. The van der Waals surface area contributed by atoms with Crippen molar-refractivity contribution in [3.05, 3.63) is 29.0 Å². The summed E-state index contributed by atoms with van der Waals surface area (Å²) in [6.07, 6.45) is 6.15. The first kappa shape index (κ1) is 15.4. The standard InChI is InChI=1S/C15H19N5O3/c1-10-5-3-6-11(2)20(10)12(21)9-19-14(18-23-15(19)22)13-16-7-4-8-17-13/h4,7-8,10-11H,3,5-6,9H2,1-2H3/t10-,11-/m1/s1. The molecule has 0 aromatic carbocycles. The topological polar surface area (TPSA) is 94.1 Å². The van der Waals surface area contributed by atoms with Gasteiger partial charge < -0.3 is 4.90 Å². The van der Waals surface area contributed by atoms with Gasteiger partial charge in [-0.15, -0.1) is 0 Å². The molecule has 0 aliphatic carbocycles. The molecule has 0 radical (unpaired) electrons. The molecule has 0 saturated carbocycles. The Morgan fingerprint density at radius 1 is 1.26 bits per heavy atom. The number of aromatic nitrogens is 4. The summed E-state index contributed by atoms with van der Waals surface area (Å²) in [5.74, 6) is -0.377. The van der Waals surface area contributed by atoms with E-state index < -0.39 is 5.76 Å².